The minimum atomic E-state index is 0.0645. The van der Waals surface area contributed by atoms with Gasteiger partial charge in [0.2, 0.25) is 0 Å². The van der Waals surface area contributed by atoms with Crippen LogP contribution in [0.3, 0.4) is 0 Å². The number of carbonyl (C=O) groups excluding carboxylic acids is 1. The highest BCUT2D eigenvalue weighted by molar-refractivity contribution is 14.1. The summed E-state index contributed by atoms with van der Waals surface area (Å²) in [6.07, 6.45) is 0. The molecule has 0 unspecified atom stereocenters. The summed E-state index contributed by atoms with van der Waals surface area (Å²) >= 11 is 5.72. The molecule has 0 atom stereocenters. The van der Waals surface area contributed by atoms with Crippen LogP contribution in [0.25, 0.3) is 10.8 Å². The lowest BCUT2D eigenvalue weighted by Gasteiger charge is -2.11. The van der Waals surface area contributed by atoms with E-state index in [9.17, 15) is 4.79 Å². The van der Waals surface area contributed by atoms with Crippen molar-refractivity contribution in [1.29, 1.82) is 0 Å². The van der Waals surface area contributed by atoms with E-state index in [0.717, 1.165) is 29.9 Å². The Balaban J connectivity index is 2.27. The van der Waals surface area contributed by atoms with E-state index < -0.39 is 0 Å². The van der Waals surface area contributed by atoms with Crippen LogP contribution in [0, 0.1) is 10.5 Å². The molecule has 0 spiro atoms. The van der Waals surface area contributed by atoms with E-state index in [0.29, 0.717) is 5.56 Å². The summed E-state index contributed by atoms with van der Waals surface area (Å²) in [4.78, 5) is 13.0. The highest BCUT2D eigenvalue weighted by atomic mass is 127. The lowest BCUT2D eigenvalue weighted by molar-refractivity contribution is 0.103. The summed E-state index contributed by atoms with van der Waals surface area (Å²) in [5.74, 6) is 0.0645. The highest BCUT2D eigenvalue weighted by Gasteiger charge is 2.17. The fourth-order valence-corrected chi connectivity index (χ4v) is 3.41. The normalized spacial score (nSPS) is 10.8. The van der Waals surface area contributed by atoms with E-state index in [1.807, 2.05) is 55.5 Å². The van der Waals surface area contributed by atoms with E-state index in [-0.39, 0.29) is 5.78 Å². The molecule has 0 radical (unpaired) electrons. The predicted molar refractivity (Wildman–Crippen MR) is 99.0 cm³/mol. The first-order chi connectivity index (χ1) is 10.1. The molecule has 0 heterocycles. The lowest BCUT2D eigenvalue weighted by atomic mass is 9.93. The molecule has 0 saturated carbocycles. The van der Waals surface area contributed by atoms with Gasteiger partial charge in [-0.2, -0.15) is 0 Å². The van der Waals surface area contributed by atoms with Gasteiger partial charge in [0.15, 0.2) is 5.78 Å². The van der Waals surface area contributed by atoms with Gasteiger partial charge in [-0.3, -0.25) is 4.79 Å². The van der Waals surface area contributed by atoms with E-state index in [4.69, 9.17) is 0 Å². The van der Waals surface area contributed by atoms with Gasteiger partial charge in [-0.05, 0) is 64.0 Å². The van der Waals surface area contributed by atoms with Crippen LogP contribution in [0.2, 0.25) is 0 Å². The van der Waals surface area contributed by atoms with Gasteiger partial charge in [-0.25, -0.2) is 0 Å². The summed E-state index contributed by atoms with van der Waals surface area (Å²) in [6.45, 7) is 1.99. The first-order valence-corrected chi connectivity index (χ1v) is 8.43. The molecule has 3 aromatic carbocycles. The first-order valence-electron chi connectivity index (χ1n) is 6.56. The second kappa shape index (κ2) is 5.89. The number of rotatable bonds is 2. The number of hydrogen-bond acceptors (Lipinski definition) is 1. The molecule has 0 aromatic heterocycles. The van der Waals surface area contributed by atoms with Crippen LogP contribution in [0.4, 0.5) is 0 Å². The average Bonchev–Trinajstić information content (AvgIpc) is 2.49. The summed E-state index contributed by atoms with van der Waals surface area (Å²) in [7, 11) is 0. The largest absolute Gasteiger partial charge is 0.289 e. The van der Waals surface area contributed by atoms with Gasteiger partial charge >= 0.3 is 0 Å². The van der Waals surface area contributed by atoms with Crippen molar-refractivity contribution in [3.63, 3.8) is 0 Å². The quantitative estimate of drug-likeness (QED) is 0.359. The summed E-state index contributed by atoms with van der Waals surface area (Å²) in [5, 5.41) is 2.10. The number of carbonyl (C=O) groups is 1. The zero-order valence-corrected chi connectivity index (χ0v) is 15.1. The van der Waals surface area contributed by atoms with E-state index in [1.54, 1.807) is 0 Å². The van der Waals surface area contributed by atoms with Gasteiger partial charge < -0.3 is 0 Å². The first kappa shape index (κ1) is 14.7. The van der Waals surface area contributed by atoms with Crippen molar-refractivity contribution in [1.82, 2.24) is 0 Å². The third kappa shape index (κ3) is 2.77. The minimum absolute atomic E-state index is 0.0645. The zero-order valence-electron chi connectivity index (χ0n) is 11.4. The number of hydrogen-bond donors (Lipinski definition) is 0. The van der Waals surface area contributed by atoms with Crippen LogP contribution in [-0.4, -0.2) is 5.78 Å². The molecule has 0 saturated heterocycles. The molecule has 3 rings (SSSR count). The molecular formula is C18H12BrIO. The monoisotopic (exact) mass is 450 g/mol. The average molecular weight is 451 g/mol. The molecule has 3 aromatic rings. The van der Waals surface area contributed by atoms with E-state index >= 15 is 0 Å². The molecule has 1 nitrogen and oxygen atoms in total. The topological polar surface area (TPSA) is 17.1 Å². The maximum atomic E-state index is 13.0. The Morgan fingerprint density at radius 3 is 2.62 bits per heavy atom. The molecule has 0 aliphatic carbocycles. The van der Waals surface area contributed by atoms with Crippen molar-refractivity contribution < 1.29 is 4.79 Å². The summed E-state index contributed by atoms with van der Waals surface area (Å²) < 4.78 is 1.89. The van der Waals surface area contributed by atoms with Gasteiger partial charge in [0, 0.05) is 19.2 Å². The molecule has 3 heteroatoms. The second-order valence-electron chi connectivity index (χ2n) is 4.93. The molecule has 0 N–H and O–H groups in total. The molecule has 0 fully saturated rings. The van der Waals surface area contributed by atoms with E-state index in [1.165, 1.54) is 0 Å². The minimum Gasteiger partial charge on any atom is -0.289 e. The van der Waals surface area contributed by atoms with Crippen molar-refractivity contribution >= 4 is 55.1 Å². The van der Waals surface area contributed by atoms with Crippen LogP contribution >= 0.6 is 38.5 Å². The maximum absolute atomic E-state index is 13.0. The molecule has 0 amide bonds. The van der Waals surface area contributed by atoms with Crippen LogP contribution < -0.4 is 0 Å². The fraction of sp³-hybridized carbons (Fsp3) is 0.0556. The van der Waals surface area contributed by atoms with Crippen LogP contribution in [0.15, 0.2) is 59.1 Å². The predicted octanol–water partition coefficient (Wildman–Crippen LogP) is 5.75. The van der Waals surface area contributed by atoms with Gasteiger partial charge in [0.05, 0.1) is 0 Å². The standard InChI is InChI=1S/C18H12BrIO/c1-11-6-7-12-4-2-3-5-14(12)17(11)18(21)15-10-13(20)8-9-16(15)19/h2-10H,1H3. The third-order valence-corrected chi connectivity index (χ3v) is 4.90. The number of benzene rings is 3. The van der Waals surface area contributed by atoms with Gasteiger partial charge in [-0.15, -0.1) is 0 Å². The van der Waals surface area contributed by atoms with Crippen LogP contribution in [-0.2, 0) is 0 Å². The number of ketones is 1. The number of aryl methyl sites for hydroxylation is 1. The Morgan fingerprint density at radius 1 is 1.05 bits per heavy atom. The van der Waals surface area contributed by atoms with Crippen molar-refractivity contribution in [3.8, 4) is 0 Å². The summed E-state index contributed by atoms with van der Waals surface area (Å²) in [6, 6.07) is 17.9. The Kier molecular flexibility index (Phi) is 4.13. The molecule has 0 bridgehead atoms. The smallest absolute Gasteiger partial charge is 0.195 e. The highest BCUT2D eigenvalue weighted by Crippen LogP contribution is 2.28. The lowest BCUT2D eigenvalue weighted by Crippen LogP contribution is -2.06. The molecule has 0 aliphatic heterocycles. The van der Waals surface area contributed by atoms with Crippen molar-refractivity contribution in [2.24, 2.45) is 0 Å². The molecule has 0 aliphatic rings. The third-order valence-electron chi connectivity index (χ3n) is 3.54. The Bertz CT molecular complexity index is 855. The fourth-order valence-electron chi connectivity index (χ4n) is 2.49. The molecular weight excluding hydrogens is 439 g/mol. The van der Waals surface area contributed by atoms with Gasteiger partial charge in [-0.1, -0.05) is 52.3 Å². The number of fused-ring (bicyclic) bond motifs is 1. The summed E-state index contributed by atoms with van der Waals surface area (Å²) in [5.41, 5.74) is 2.50. The van der Waals surface area contributed by atoms with Gasteiger partial charge in [0.25, 0.3) is 0 Å². The SMILES string of the molecule is Cc1ccc2ccccc2c1C(=O)c1cc(I)ccc1Br. The van der Waals surface area contributed by atoms with Crippen LogP contribution in [0.5, 0.6) is 0 Å². The van der Waals surface area contributed by atoms with Crippen molar-refractivity contribution in [2.45, 2.75) is 6.92 Å². The van der Waals surface area contributed by atoms with E-state index in [2.05, 4.69) is 44.6 Å². The van der Waals surface area contributed by atoms with Gasteiger partial charge in [0.1, 0.15) is 0 Å². The Morgan fingerprint density at radius 2 is 1.81 bits per heavy atom. The molecule has 104 valence electrons. The maximum Gasteiger partial charge on any atom is 0.195 e. The zero-order chi connectivity index (χ0) is 15.0. The Hall–Kier alpha value is -1.20. The molecule has 21 heavy (non-hydrogen) atoms. The Labute approximate surface area is 145 Å². The van der Waals surface area contributed by atoms with Crippen molar-refractivity contribution in [2.75, 3.05) is 0 Å². The second-order valence-corrected chi connectivity index (χ2v) is 7.03. The number of halogens is 2. The van der Waals surface area contributed by atoms with Crippen molar-refractivity contribution in [3.05, 3.63) is 79.3 Å². The van der Waals surface area contributed by atoms with Crippen LogP contribution in [0.1, 0.15) is 21.5 Å².